The van der Waals surface area contributed by atoms with Crippen LogP contribution in [0.1, 0.15) is 6.42 Å². The van der Waals surface area contributed by atoms with Crippen molar-refractivity contribution in [1.82, 2.24) is 15.2 Å². The van der Waals surface area contributed by atoms with Crippen molar-refractivity contribution in [1.29, 1.82) is 5.26 Å². The van der Waals surface area contributed by atoms with Crippen LogP contribution in [0.4, 0.5) is 5.69 Å². The highest BCUT2D eigenvalue weighted by Crippen LogP contribution is 2.31. The third-order valence-corrected chi connectivity index (χ3v) is 5.49. The first-order chi connectivity index (χ1) is 14.5. The number of nitrogens with one attached hydrogen (secondary N) is 1. The van der Waals surface area contributed by atoms with Gasteiger partial charge >= 0.3 is 0 Å². The molecule has 0 aliphatic heterocycles. The van der Waals surface area contributed by atoms with E-state index in [1.54, 1.807) is 30.3 Å². The standard InChI is InChI=1S/C20H17Cl2N5O2S/c1-29-17-6-3-2-5-16(17)27(10-4-9-23)18(28)12-30-20-24-19(25-26-20)14-11-13(21)7-8-15(14)22/h2-3,5-8,11H,4,10,12H2,1H3,(H,24,25,26). The molecule has 1 N–H and O–H groups in total. The minimum absolute atomic E-state index is 0.0873. The number of thioether (sulfide) groups is 1. The number of carbonyl (C=O) groups is 1. The summed E-state index contributed by atoms with van der Waals surface area (Å²) in [4.78, 5) is 18.8. The van der Waals surface area contributed by atoms with Crippen LogP contribution in [-0.4, -0.2) is 40.5 Å². The topological polar surface area (TPSA) is 94.9 Å². The fourth-order valence-corrected chi connectivity index (χ4v) is 3.76. The van der Waals surface area contributed by atoms with Crippen LogP contribution in [-0.2, 0) is 4.79 Å². The molecule has 0 atom stereocenters. The number of anilines is 1. The number of para-hydroxylation sites is 2. The summed E-state index contributed by atoms with van der Waals surface area (Å²) in [6, 6.07) is 14.3. The number of methoxy groups -OCH3 is 1. The number of nitriles is 1. The number of halogens is 2. The lowest BCUT2D eigenvalue weighted by atomic mass is 10.2. The fraction of sp³-hybridized carbons (Fsp3) is 0.200. The van der Waals surface area contributed by atoms with Gasteiger partial charge in [-0.3, -0.25) is 9.89 Å². The maximum atomic E-state index is 12.9. The summed E-state index contributed by atoms with van der Waals surface area (Å²) in [5.74, 6) is 0.921. The molecule has 30 heavy (non-hydrogen) atoms. The van der Waals surface area contributed by atoms with Gasteiger partial charge in [-0.05, 0) is 30.3 Å². The molecule has 0 radical (unpaired) electrons. The zero-order valence-electron chi connectivity index (χ0n) is 15.9. The molecule has 0 aliphatic rings. The highest BCUT2D eigenvalue weighted by molar-refractivity contribution is 7.99. The van der Waals surface area contributed by atoms with E-state index in [0.29, 0.717) is 38.0 Å². The van der Waals surface area contributed by atoms with Gasteiger partial charge in [0.05, 0.1) is 36.1 Å². The Morgan fingerprint density at radius 1 is 1.30 bits per heavy atom. The number of nitrogens with zero attached hydrogens (tertiary/aromatic N) is 4. The van der Waals surface area contributed by atoms with E-state index in [-0.39, 0.29) is 24.6 Å². The molecule has 0 aliphatic carbocycles. The molecule has 0 unspecified atom stereocenters. The summed E-state index contributed by atoms with van der Waals surface area (Å²) in [6.45, 7) is 0.258. The van der Waals surface area contributed by atoms with Gasteiger partial charge in [-0.2, -0.15) is 5.26 Å². The second-order valence-electron chi connectivity index (χ2n) is 6.00. The van der Waals surface area contributed by atoms with Crippen LogP contribution in [0.2, 0.25) is 10.0 Å². The van der Waals surface area contributed by atoms with Gasteiger partial charge in [0, 0.05) is 17.1 Å². The second kappa shape index (κ2) is 10.3. The summed E-state index contributed by atoms with van der Waals surface area (Å²) in [5, 5.41) is 17.3. The zero-order chi connectivity index (χ0) is 21.5. The number of hydrogen-bond donors (Lipinski definition) is 1. The lowest BCUT2D eigenvalue weighted by Crippen LogP contribution is -2.33. The van der Waals surface area contributed by atoms with Gasteiger partial charge in [-0.25, -0.2) is 4.98 Å². The van der Waals surface area contributed by atoms with E-state index < -0.39 is 0 Å². The van der Waals surface area contributed by atoms with Crippen molar-refractivity contribution >= 4 is 46.6 Å². The van der Waals surface area contributed by atoms with Crippen LogP contribution in [0.25, 0.3) is 11.4 Å². The number of carbonyl (C=O) groups excluding carboxylic acids is 1. The molecule has 0 spiro atoms. The molecule has 7 nitrogen and oxygen atoms in total. The van der Waals surface area contributed by atoms with E-state index in [4.69, 9.17) is 33.2 Å². The van der Waals surface area contributed by atoms with Crippen molar-refractivity contribution in [3.05, 3.63) is 52.5 Å². The van der Waals surface area contributed by atoms with E-state index in [9.17, 15) is 4.79 Å². The second-order valence-corrected chi connectivity index (χ2v) is 7.79. The molecule has 0 saturated heterocycles. The van der Waals surface area contributed by atoms with Gasteiger partial charge in [0.1, 0.15) is 5.75 Å². The number of aromatic amines is 1. The Kier molecular flexibility index (Phi) is 7.57. The maximum Gasteiger partial charge on any atom is 0.237 e. The summed E-state index contributed by atoms with van der Waals surface area (Å²) < 4.78 is 5.36. The molecule has 0 bridgehead atoms. The van der Waals surface area contributed by atoms with Gasteiger partial charge in [-0.1, -0.05) is 47.1 Å². The molecule has 1 aromatic heterocycles. The molecule has 3 rings (SSSR count). The predicted molar refractivity (Wildman–Crippen MR) is 118 cm³/mol. The molecule has 3 aromatic rings. The molecule has 0 fully saturated rings. The van der Waals surface area contributed by atoms with Gasteiger partial charge in [0.2, 0.25) is 11.1 Å². The molecular weight excluding hydrogens is 445 g/mol. The van der Waals surface area contributed by atoms with Crippen LogP contribution >= 0.6 is 35.0 Å². The summed E-state index contributed by atoms with van der Waals surface area (Å²) in [7, 11) is 1.54. The lowest BCUT2D eigenvalue weighted by molar-refractivity contribution is -0.116. The SMILES string of the molecule is COc1ccccc1N(CCC#N)C(=O)CSc1n[nH]c(-c2cc(Cl)ccc2Cl)n1. The monoisotopic (exact) mass is 461 g/mol. The van der Waals surface area contributed by atoms with Crippen molar-refractivity contribution in [2.45, 2.75) is 11.6 Å². The molecular formula is C20H17Cl2N5O2S. The van der Waals surface area contributed by atoms with Gasteiger partial charge in [0.15, 0.2) is 5.82 Å². The van der Waals surface area contributed by atoms with Crippen molar-refractivity contribution in [2.24, 2.45) is 0 Å². The Bertz CT molecular complexity index is 1080. The number of hydrogen-bond acceptors (Lipinski definition) is 6. The van der Waals surface area contributed by atoms with E-state index in [2.05, 4.69) is 21.3 Å². The first-order valence-corrected chi connectivity index (χ1v) is 10.6. The smallest absolute Gasteiger partial charge is 0.237 e. The molecule has 10 heteroatoms. The van der Waals surface area contributed by atoms with E-state index in [1.165, 1.54) is 23.8 Å². The number of rotatable bonds is 8. The average Bonchev–Trinajstić information content (AvgIpc) is 3.23. The minimum atomic E-state index is -0.188. The molecule has 2 aromatic carbocycles. The summed E-state index contributed by atoms with van der Waals surface area (Å²) >= 11 is 13.4. The van der Waals surface area contributed by atoms with Crippen LogP contribution in [0.5, 0.6) is 5.75 Å². The number of ether oxygens (including phenoxy) is 1. The Labute approximate surface area is 188 Å². The first kappa shape index (κ1) is 22.0. The number of amides is 1. The fourth-order valence-electron chi connectivity index (χ4n) is 2.71. The highest BCUT2D eigenvalue weighted by atomic mass is 35.5. The lowest BCUT2D eigenvalue weighted by Gasteiger charge is -2.23. The van der Waals surface area contributed by atoms with Crippen molar-refractivity contribution in [3.63, 3.8) is 0 Å². The number of H-pyrrole nitrogens is 1. The molecule has 0 saturated carbocycles. The highest BCUT2D eigenvalue weighted by Gasteiger charge is 2.20. The van der Waals surface area contributed by atoms with Gasteiger partial charge in [0.25, 0.3) is 0 Å². The molecule has 1 heterocycles. The Morgan fingerprint density at radius 3 is 2.87 bits per heavy atom. The first-order valence-electron chi connectivity index (χ1n) is 8.84. The normalized spacial score (nSPS) is 10.5. The minimum Gasteiger partial charge on any atom is -0.495 e. The number of aromatic nitrogens is 3. The van der Waals surface area contributed by atoms with Crippen molar-refractivity contribution < 1.29 is 9.53 Å². The van der Waals surface area contributed by atoms with E-state index in [1.807, 2.05) is 12.1 Å². The van der Waals surface area contributed by atoms with E-state index in [0.717, 1.165) is 0 Å². The van der Waals surface area contributed by atoms with Gasteiger partial charge < -0.3 is 9.64 Å². The Morgan fingerprint density at radius 2 is 2.10 bits per heavy atom. The largest absolute Gasteiger partial charge is 0.495 e. The average molecular weight is 462 g/mol. The molecule has 1 amide bonds. The van der Waals surface area contributed by atoms with Crippen molar-refractivity contribution in [3.8, 4) is 23.2 Å². The molecule has 154 valence electrons. The Balaban J connectivity index is 1.74. The predicted octanol–water partition coefficient (Wildman–Crippen LogP) is 4.83. The maximum absolute atomic E-state index is 12.9. The van der Waals surface area contributed by atoms with Crippen LogP contribution < -0.4 is 9.64 Å². The number of benzene rings is 2. The third-order valence-electron chi connectivity index (χ3n) is 4.10. The van der Waals surface area contributed by atoms with Crippen LogP contribution in [0.3, 0.4) is 0 Å². The zero-order valence-corrected chi connectivity index (χ0v) is 18.3. The quantitative estimate of drug-likeness (QED) is 0.482. The Hall–Kier alpha value is -2.73. The summed E-state index contributed by atoms with van der Waals surface area (Å²) in [5.41, 5.74) is 1.24. The van der Waals surface area contributed by atoms with Crippen LogP contribution in [0, 0.1) is 11.3 Å². The van der Waals surface area contributed by atoms with E-state index >= 15 is 0 Å². The van der Waals surface area contributed by atoms with Crippen LogP contribution in [0.15, 0.2) is 47.6 Å². The van der Waals surface area contributed by atoms with Gasteiger partial charge in [-0.15, -0.1) is 5.10 Å². The summed E-state index contributed by atoms with van der Waals surface area (Å²) in [6.07, 6.45) is 0.201. The third kappa shape index (κ3) is 5.25. The van der Waals surface area contributed by atoms with Crippen molar-refractivity contribution in [2.75, 3.05) is 24.3 Å².